The fraction of sp³-hybridized carbons (Fsp3) is 0.500. The van der Waals surface area contributed by atoms with Crippen molar-refractivity contribution in [3.05, 3.63) is 24.0 Å². The van der Waals surface area contributed by atoms with Gasteiger partial charge in [0.1, 0.15) is 5.82 Å². The molecule has 0 bridgehead atoms. The lowest BCUT2D eigenvalue weighted by Gasteiger charge is -2.25. The van der Waals surface area contributed by atoms with Crippen LogP contribution in [0, 0.1) is 5.82 Å². The van der Waals surface area contributed by atoms with E-state index in [-0.39, 0.29) is 30.8 Å². The Balaban J connectivity index is 2.63. The summed E-state index contributed by atoms with van der Waals surface area (Å²) in [5.74, 6) is -0.704. The molecular formula is C14H22FN3O2. The zero-order valence-corrected chi connectivity index (χ0v) is 11.9. The van der Waals surface area contributed by atoms with Crippen LogP contribution in [-0.2, 0) is 4.79 Å². The summed E-state index contributed by atoms with van der Waals surface area (Å²) in [6, 6.07) is 4.03. The Hall–Kier alpha value is -1.66. The molecule has 0 unspecified atom stereocenters. The minimum absolute atomic E-state index is 0.0850. The molecule has 0 saturated heterocycles. The largest absolute Gasteiger partial charge is 0.397 e. The number of benzene rings is 1. The summed E-state index contributed by atoms with van der Waals surface area (Å²) in [4.78, 5) is 13.9. The molecule has 1 aromatic carbocycles. The van der Waals surface area contributed by atoms with Crippen molar-refractivity contribution in [1.29, 1.82) is 0 Å². The average molecular weight is 283 g/mol. The monoisotopic (exact) mass is 283 g/mol. The number of halogens is 1. The summed E-state index contributed by atoms with van der Waals surface area (Å²) >= 11 is 0. The van der Waals surface area contributed by atoms with E-state index in [2.05, 4.69) is 5.32 Å². The summed E-state index contributed by atoms with van der Waals surface area (Å²) in [6.07, 6.45) is 0.605. The van der Waals surface area contributed by atoms with Crippen LogP contribution in [0.25, 0.3) is 0 Å². The Morgan fingerprint density at radius 3 is 2.80 bits per heavy atom. The number of nitrogen functional groups attached to an aromatic ring is 1. The van der Waals surface area contributed by atoms with Gasteiger partial charge in [-0.1, -0.05) is 0 Å². The predicted molar refractivity (Wildman–Crippen MR) is 77.9 cm³/mol. The number of hydrogen-bond acceptors (Lipinski definition) is 4. The summed E-state index contributed by atoms with van der Waals surface area (Å²) in [7, 11) is 0. The summed E-state index contributed by atoms with van der Waals surface area (Å²) in [6.45, 7) is 4.83. The van der Waals surface area contributed by atoms with Gasteiger partial charge in [0.2, 0.25) is 5.91 Å². The number of aliphatic hydroxyl groups excluding tert-OH is 1. The molecule has 0 aliphatic carbocycles. The van der Waals surface area contributed by atoms with Gasteiger partial charge in [-0.3, -0.25) is 9.69 Å². The van der Waals surface area contributed by atoms with Crippen LogP contribution < -0.4 is 11.1 Å². The number of aliphatic hydroxyl groups is 1. The fourth-order valence-corrected chi connectivity index (χ4v) is 1.80. The van der Waals surface area contributed by atoms with Gasteiger partial charge in [0.15, 0.2) is 0 Å². The number of carbonyl (C=O) groups is 1. The SMILES string of the molecule is CC(C)N(CCCO)CC(=O)Nc1cc(F)ccc1N. The molecule has 1 rings (SSSR count). The van der Waals surface area contributed by atoms with Crippen molar-refractivity contribution >= 4 is 17.3 Å². The van der Waals surface area contributed by atoms with Crippen LogP contribution in [0.5, 0.6) is 0 Å². The molecular weight excluding hydrogens is 261 g/mol. The van der Waals surface area contributed by atoms with Crippen molar-refractivity contribution in [2.45, 2.75) is 26.3 Å². The first-order valence-corrected chi connectivity index (χ1v) is 6.63. The van der Waals surface area contributed by atoms with Gasteiger partial charge in [-0.25, -0.2) is 4.39 Å². The maximum Gasteiger partial charge on any atom is 0.238 e. The molecule has 20 heavy (non-hydrogen) atoms. The molecule has 0 heterocycles. The van der Waals surface area contributed by atoms with E-state index >= 15 is 0 Å². The topological polar surface area (TPSA) is 78.6 Å². The molecule has 0 spiro atoms. The summed E-state index contributed by atoms with van der Waals surface area (Å²) < 4.78 is 13.1. The van der Waals surface area contributed by atoms with Gasteiger partial charge in [-0.2, -0.15) is 0 Å². The molecule has 1 amide bonds. The first-order valence-electron chi connectivity index (χ1n) is 6.63. The van der Waals surface area contributed by atoms with E-state index in [0.717, 1.165) is 0 Å². The summed E-state index contributed by atoms with van der Waals surface area (Å²) in [5.41, 5.74) is 6.28. The Labute approximate surface area is 118 Å². The molecule has 0 aliphatic heterocycles. The molecule has 1 aromatic rings. The van der Waals surface area contributed by atoms with Crippen LogP contribution in [0.15, 0.2) is 18.2 Å². The number of anilines is 2. The van der Waals surface area contributed by atoms with Gasteiger partial charge in [0.05, 0.1) is 17.9 Å². The quantitative estimate of drug-likeness (QED) is 0.662. The van der Waals surface area contributed by atoms with Crippen LogP contribution in [0.1, 0.15) is 20.3 Å². The van der Waals surface area contributed by atoms with Crippen molar-refractivity contribution < 1.29 is 14.3 Å². The maximum absolute atomic E-state index is 13.1. The molecule has 5 nitrogen and oxygen atoms in total. The molecule has 6 heteroatoms. The lowest BCUT2D eigenvalue weighted by molar-refractivity contribution is -0.117. The van der Waals surface area contributed by atoms with E-state index in [1.165, 1.54) is 18.2 Å². The number of rotatable bonds is 7. The highest BCUT2D eigenvalue weighted by Gasteiger charge is 2.14. The molecule has 0 saturated carbocycles. The van der Waals surface area contributed by atoms with Crippen LogP contribution >= 0.6 is 0 Å². The van der Waals surface area contributed by atoms with E-state index in [1.807, 2.05) is 18.7 Å². The number of hydrogen-bond donors (Lipinski definition) is 3. The predicted octanol–water partition coefficient (Wildman–Crippen LogP) is 1.44. The van der Waals surface area contributed by atoms with Gasteiger partial charge < -0.3 is 16.2 Å². The van der Waals surface area contributed by atoms with Gasteiger partial charge in [0.25, 0.3) is 0 Å². The maximum atomic E-state index is 13.1. The second-order valence-electron chi connectivity index (χ2n) is 4.92. The van der Waals surface area contributed by atoms with Crippen molar-refractivity contribution in [1.82, 2.24) is 4.90 Å². The van der Waals surface area contributed by atoms with Crippen molar-refractivity contribution in [3.63, 3.8) is 0 Å². The number of nitrogens with one attached hydrogen (secondary N) is 1. The Bertz CT molecular complexity index is 452. The molecule has 0 atom stereocenters. The van der Waals surface area contributed by atoms with E-state index in [0.29, 0.717) is 18.7 Å². The first-order chi connectivity index (χ1) is 9.43. The van der Waals surface area contributed by atoms with Crippen molar-refractivity contribution in [2.75, 3.05) is 30.7 Å². The highest BCUT2D eigenvalue weighted by atomic mass is 19.1. The Morgan fingerprint density at radius 1 is 1.50 bits per heavy atom. The van der Waals surface area contributed by atoms with E-state index in [1.54, 1.807) is 0 Å². The summed E-state index contributed by atoms with van der Waals surface area (Å²) in [5, 5.41) is 11.5. The second-order valence-corrected chi connectivity index (χ2v) is 4.92. The highest BCUT2D eigenvalue weighted by molar-refractivity contribution is 5.95. The van der Waals surface area contributed by atoms with Gasteiger partial charge in [-0.15, -0.1) is 0 Å². The van der Waals surface area contributed by atoms with Crippen molar-refractivity contribution in [3.8, 4) is 0 Å². The smallest absolute Gasteiger partial charge is 0.238 e. The van der Waals surface area contributed by atoms with Gasteiger partial charge >= 0.3 is 0 Å². The van der Waals surface area contributed by atoms with Crippen LogP contribution in [0.3, 0.4) is 0 Å². The molecule has 0 aliphatic rings. The normalized spacial score (nSPS) is 11.1. The second kappa shape index (κ2) is 7.81. The van der Waals surface area contributed by atoms with E-state index in [9.17, 15) is 9.18 Å². The molecule has 0 aromatic heterocycles. The molecule has 0 radical (unpaired) electrons. The van der Waals surface area contributed by atoms with Gasteiger partial charge in [0, 0.05) is 19.2 Å². The third-order valence-corrected chi connectivity index (χ3v) is 2.97. The third kappa shape index (κ3) is 5.14. The molecule has 112 valence electrons. The van der Waals surface area contributed by atoms with Crippen LogP contribution in [-0.4, -0.2) is 41.7 Å². The third-order valence-electron chi connectivity index (χ3n) is 2.97. The first kappa shape index (κ1) is 16.4. The Morgan fingerprint density at radius 2 is 2.20 bits per heavy atom. The minimum Gasteiger partial charge on any atom is -0.397 e. The molecule has 4 N–H and O–H groups in total. The number of nitrogens with zero attached hydrogens (tertiary/aromatic N) is 1. The zero-order valence-electron chi connectivity index (χ0n) is 11.9. The average Bonchev–Trinajstić information content (AvgIpc) is 2.38. The van der Waals surface area contributed by atoms with Crippen LogP contribution in [0.4, 0.5) is 15.8 Å². The number of carbonyl (C=O) groups excluding carboxylic acids is 1. The fourth-order valence-electron chi connectivity index (χ4n) is 1.80. The van der Waals surface area contributed by atoms with E-state index in [4.69, 9.17) is 10.8 Å². The highest BCUT2D eigenvalue weighted by Crippen LogP contribution is 2.19. The zero-order chi connectivity index (χ0) is 15.1. The van der Waals surface area contributed by atoms with Crippen molar-refractivity contribution in [2.24, 2.45) is 0 Å². The lowest BCUT2D eigenvalue weighted by atomic mass is 10.2. The number of nitrogens with two attached hydrogens (primary N) is 1. The standard InChI is InChI=1S/C14H22FN3O2/c1-10(2)18(6-3-7-19)9-14(20)17-13-8-11(15)4-5-12(13)16/h4-5,8,10,19H,3,6-7,9,16H2,1-2H3,(H,17,20). The Kier molecular flexibility index (Phi) is 6.41. The van der Waals surface area contributed by atoms with Gasteiger partial charge in [-0.05, 0) is 38.5 Å². The number of amides is 1. The lowest BCUT2D eigenvalue weighted by Crippen LogP contribution is -2.39. The molecule has 0 fully saturated rings. The van der Waals surface area contributed by atoms with Crippen LogP contribution in [0.2, 0.25) is 0 Å². The van der Waals surface area contributed by atoms with E-state index < -0.39 is 5.82 Å². The minimum atomic E-state index is -0.449.